The lowest BCUT2D eigenvalue weighted by Crippen LogP contribution is -2.30. The molecule has 1 fully saturated rings. The first-order valence-corrected chi connectivity index (χ1v) is 8.40. The maximum absolute atomic E-state index is 12.9. The Balaban J connectivity index is 1.97. The molecule has 0 aliphatic carbocycles. The molecule has 0 atom stereocenters. The summed E-state index contributed by atoms with van der Waals surface area (Å²) in [4.78, 5) is 14.3. The Hall–Kier alpha value is -2.66. The summed E-state index contributed by atoms with van der Waals surface area (Å²) in [5.41, 5.74) is 5.71. The van der Waals surface area contributed by atoms with Crippen molar-refractivity contribution >= 4 is 35.0 Å². The summed E-state index contributed by atoms with van der Waals surface area (Å²) in [6.07, 6.45) is 1.86. The van der Waals surface area contributed by atoms with Gasteiger partial charge in [-0.05, 0) is 73.5 Å². The van der Waals surface area contributed by atoms with Crippen molar-refractivity contribution in [2.75, 3.05) is 12.0 Å². The van der Waals surface area contributed by atoms with E-state index in [4.69, 9.17) is 17.0 Å². The molecular weight excluding hydrogens is 332 g/mol. The first kappa shape index (κ1) is 17.2. The third-order valence-electron chi connectivity index (χ3n) is 4.37. The normalized spacial score (nSPS) is 15.7. The SMILES string of the molecule is COc1cccc(N2C(=O)/C(=C\c3cc(C)c(C)cc3C)NC2=S)c1. The van der Waals surface area contributed by atoms with Crippen LogP contribution < -0.4 is 15.0 Å². The first-order chi connectivity index (χ1) is 11.9. The van der Waals surface area contributed by atoms with Gasteiger partial charge in [-0.15, -0.1) is 0 Å². The van der Waals surface area contributed by atoms with Gasteiger partial charge in [-0.2, -0.15) is 0 Å². The molecule has 1 heterocycles. The second-order valence-corrected chi connectivity index (χ2v) is 6.51. The fraction of sp³-hybridized carbons (Fsp3) is 0.200. The molecule has 5 heteroatoms. The quantitative estimate of drug-likeness (QED) is 0.672. The number of benzene rings is 2. The van der Waals surface area contributed by atoms with E-state index < -0.39 is 0 Å². The highest BCUT2D eigenvalue weighted by Gasteiger charge is 2.32. The number of hydrogen-bond acceptors (Lipinski definition) is 3. The molecule has 1 amide bonds. The molecule has 3 rings (SSSR count). The Morgan fingerprint density at radius 3 is 2.52 bits per heavy atom. The minimum Gasteiger partial charge on any atom is -0.497 e. The summed E-state index contributed by atoms with van der Waals surface area (Å²) >= 11 is 5.36. The summed E-state index contributed by atoms with van der Waals surface area (Å²) in [6.45, 7) is 6.18. The molecule has 1 saturated heterocycles. The van der Waals surface area contributed by atoms with Crippen LogP contribution in [0.3, 0.4) is 0 Å². The van der Waals surface area contributed by atoms with E-state index in [2.05, 4.69) is 31.3 Å². The van der Waals surface area contributed by atoms with Gasteiger partial charge in [0, 0.05) is 6.07 Å². The smallest absolute Gasteiger partial charge is 0.281 e. The zero-order chi connectivity index (χ0) is 18.1. The average molecular weight is 352 g/mol. The van der Waals surface area contributed by atoms with Crippen molar-refractivity contribution in [2.45, 2.75) is 20.8 Å². The largest absolute Gasteiger partial charge is 0.497 e. The number of ether oxygens (including phenoxy) is 1. The first-order valence-electron chi connectivity index (χ1n) is 7.99. The monoisotopic (exact) mass is 352 g/mol. The zero-order valence-electron chi connectivity index (χ0n) is 14.7. The number of rotatable bonds is 3. The van der Waals surface area contributed by atoms with Gasteiger partial charge in [0.25, 0.3) is 5.91 Å². The van der Waals surface area contributed by atoms with E-state index in [-0.39, 0.29) is 5.91 Å². The third-order valence-corrected chi connectivity index (χ3v) is 4.66. The number of hydrogen-bond donors (Lipinski definition) is 1. The number of methoxy groups -OCH3 is 1. The average Bonchev–Trinajstić information content (AvgIpc) is 2.86. The maximum atomic E-state index is 12.9. The molecule has 0 aromatic heterocycles. The molecule has 1 aliphatic rings. The molecule has 0 radical (unpaired) electrons. The van der Waals surface area contributed by atoms with E-state index in [1.54, 1.807) is 13.2 Å². The minimum atomic E-state index is -0.170. The van der Waals surface area contributed by atoms with Gasteiger partial charge in [-0.25, -0.2) is 0 Å². The Bertz CT molecular complexity index is 903. The topological polar surface area (TPSA) is 41.6 Å². The van der Waals surface area contributed by atoms with Gasteiger partial charge in [0.15, 0.2) is 5.11 Å². The fourth-order valence-electron chi connectivity index (χ4n) is 2.81. The molecular formula is C20H20N2O2S. The molecule has 1 N–H and O–H groups in total. The Kier molecular flexibility index (Phi) is 4.59. The standard InChI is InChI=1S/C20H20N2O2S/c1-12-8-14(3)15(9-13(12)2)10-18-19(23)22(20(25)21-18)16-6-5-7-17(11-16)24-4/h5-11H,1-4H3,(H,21,25)/b18-10+. The predicted octanol–water partition coefficient (Wildman–Crippen LogP) is 3.88. The number of thiocarbonyl (C=S) groups is 1. The molecule has 128 valence electrons. The Labute approximate surface area is 153 Å². The molecule has 1 aliphatic heterocycles. The second-order valence-electron chi connectivity index (χ2n) is 6.12. The van der Waals surface area contributed by atoms with Gasteiger partial charge in [0.1, 0.15) is 11.4 Å². The molecule has 4 nitrogen and oxygen atoms in total. The van der Waals surface area contributed by atoms with Crippen LogP contribution in [-0.2, 0) is 4.79 Å². The molecule has 0 saturated carbocycles. The van der Waals surface area contributed by atoms with Gasteiger partial charge >= 0.3 is 0 Å². The molecule has 2 aromatic carbocycles. The maximum Gasteiger partial charge on any atom is 0.281 e. The van der Waals surface area contributed by atoms with Gasteiger partial charge in [0.2, 0.25) is 0 Å². The van der Waals surface area contributed by atoms with Crippen LogP contribution in [0.1, 0.15) is 22.3 Å². The summed E-state index contributed by atoms with van der Waals surface area (Å²) < 4.78 is 5.23. The number of carbonyl (C=O) groups is 1. The van der Waals surface area contributed by atoms with Crippen LogP contribution in [0.25, 0.3) is 6.08 Å². The Morgan fingerprint density at radius 1 is 1.08 bits per heavy atom. The van der Waals surface area contributed by atoms with Gasteiger partial charge in [-0.3, -0.25) is 9.69 Å². The van der Waals surface area contributed by atoms with Crippen molar-refractivity contribution in [3.63, 3.8) is 0 Å². The number of anilines is 1. The number of aryl methyl sites for hydroxylation is 3. The van der Waals surface area contributed by atoms with Crippen LogP contribution in [0, 0.1) is 20.8 Å². The van der Waals surface area contributed by atoms with Crippen LogP contribution in [0.4, 0.5) is 5.69 Å². The molecule has 0 spiro atoms. The van der Waals surface area contributed by atoms with E-state index >= 15 is 0 Å². The summed E-state index contributed by atoms with van der Waals surface area (Å²) in [5, 5.41) is 3.39. The zero-order valence-corrected chi connectivity index (χ0v) is 15.5. The molecule has 0 bridgehead atoms. The van der Waals surface area contributed by atoms with Crippen LogP contribution in [0.5, 0.6) is 5.75 Å². The third kappa shape index (κ3) is 3.28. The van der Waals surface area contributed by atoms with Gasteiger partial charge < -0.3 is 10.1 Å². The van der Waals surface area contributed by atoms with Crippen molar-refractivity contribution in [3.8, 4) is 5.75 Å². The van der Waals surface area contributed by atoms with Crippen molar-refractivity contribution in [1.82, 2.24) is 5.32 Å². The van der Waals surface area contributed by atoms with E-state index in [0.29, 0.717) is 22.2 Å². The number of amides is 1. The van der Waals surface area contributed by atoms with E-state index in [0.717, 1.165) is 11.1 Å². The van der Waals surface area contributed by atoms with E-state index in [1.165, 1.54) is 16.0 Å². The molecule has 2 aromatic rings. The summed E-state index contributed by atoms with van der Waals surface area (Å²) in [5.74, 6) is 0.506. The van der Waals surface area contributed by atoms with Crippen LogP contribution in [0.2, 0.25) is 0 Å². The van der Waals surface area contributed by atoms with Gasteiger partial charge in [-0.1, -0.05) is 18.2 Å². The summed E-state index contributed by atoms with van der Waals surface area (Å²) in [6, 6.07) is 11.5. The second kappa shape index (κ2) is 6.69. The van der Waals surface area contributed by atoms with Gasteiger partial charge in [0.05, 0.1) is 12.8 Å². The molecule has 0 unspecified atom stereocenters. The number of nitrogens with zero attached hydrogens (tertiary/aromatic N) is 1. The van der Waals surface area contributed by atoms with Crippen molar-refractivity contribution in [1.29, 1.82) is 0 Å². The van der Waals surface area contributed by atoms with Crippen molar-refractivity contribution in [2.24, 2.45) is 0 Å². The Morgan fingerprint density at radius 2 is 1.80 bits per heavy atom. The number of carbonyl (C=O) groups excluding carboxylic acids is 1. The molecule has 25 heavy (non-hydrogen) atoms. The van der Waals surface area contributed by atoms with Crippen LogP contribution in [0.15, 0.2) is 42.1 Å². The highest BCUT2D eigenvalue weighted by atomic mass is 32.1. The fourth-order valence-corrected chi connectivity index (χ4v) is 3.11. The van der Waals surface area contributed by atoms with E-state index in [1.807, 2.05) is 31.2 Å². The van der Waals surface area contributed by atoms with Crippen molar-refractivity contribution in [3.05, 3.63) is 64.3 Å². The lowest BCUT2D eigenvalue weighted by molar-refractivity contribution is -0.113. The highest BCUT2D eigenvalue weighted by Crippen LogP contribution is 2.26. The summed E-state index contributed by atoms with van der Waals surface area (Å²) in [7, 11) is 1.59. The van der Waals surface area contributed by atoms with Crippen molar-refractivity contribution < 1.29 is 9.53 Å². The van der Waals surface area contributed by atoms with Crippen LogP contribution >= 0.6 is 12.2 Å². The van der Waals surface area contributed by atoms with Crippen LogP contribution in [-0.4, -0.2) is 18.1 Å². The lowest BCUT2D eigenvalue weighted by Gasteiger charge is -2.14. The van der Waals surface area contributed by atoms with E-state index in [9.17, 15) is 4.79 Å². The highest BCUT2D eigenvalue weighted by molar-refractivity contribution is 7.80. The minimum absolute atomic E-state index is 0.170. The predicted molar refractivity (Wildman–Crippen MR) is 105 cm³/mol. The lowest BCUT2D eigenvalue weighted by atomic mass is 10.00. The number of nitrogens with one attached hydrogen (secondary N) is 1.